The second-order valence-electron chi connectivity index (χ2n) is 9.21. The largest absolute Gasteiger partial charge is 0.493 e. The van der Waals surface area contributed by atoms with Gasteiger partial charge in [0.1, 0.15) is 18.0 Å². The average molecular weight is 565 g/mol. The Hall–Kier alpha value is -5.84. The summed E-state index contributed by atoms with van der Waals surface area (Å²) >= 11 is 0. The number of ether oxygens (including phenoxy) is 2. The molecule has 0 fully saturated rings. The van der Waals surface area contributed by atoms with Crippen molar-refractivity contribution in [2.24, 2.45) is 5.10 Å². The van der Waals surface area contributed by atoms with Crippen LogP contribution in [0.1, 0.15) is 11.1 Å². The zero-order valence-corrected chi connectivity index (χ0v) is 22.1. The van der Waals surface area contributed by atoms with Crippen LogP contribution in [-0.4, -0.2) is 27.9 Å². The van der Waals surface area contributed by atoms with Gasteiger partial charge in [-0.3, -0.25) is 14.9 Å². The fraction of sp³-hybridized carbons (Fsp3) is 0.0645. The van der Waals surface area contributed by atoms with Gasteiger partial charge in [0.25, 0.3) is 5.56 Å². The van der Waals surface area contributed by atoms with Crippen LogP contribution in [0.2, 0.25) is 0 Å². The van der Waals surface area contributed by atoms with Crippen molar-refractivity contribution in [3.05, 3.63) is 128 Å². The van der Waals surface area contributed by atoms with E-state index >= 15 is 0 Å². The zero-order valence-electron chi connectivity index (χ0n) is 22.1. The molecule has 0 spiro atoms. The normalized spacial score (nSPS) is 11.4. The summed E-state index contributed by atoms with van der Waals surface area (Å²) in [6, 6.07) is 24.3. The van der Waals surface area contributed by atoms with Crippen LogP contribution in [0.4, 0.5) is 10.1 Å². The summed E-state index contributed by atoms with van der Waals surface area (Å²) < 4.78 is 31.5. The number of para-hydroxylation sites is 2. The Morgan fingerprint density at radius 3 is 2.57 bits per heavy atom. The predicted octanol–water partition coefficient (Wildman–Crippen LogP) is 6.33. The van der Waals surface area contributed by atoms with Crippen molar-refractivity contribution in [3.63, 3.8) is 0 Å². The maximum atomic E-state index is 13.5. The monoisotopic (exact) mass is 564 g/mol. The first-order chi connectivity index (χ1) is 20.4. The van der Waals surface area contributed by atoms with Crippen LogP contribution in [0.25, 0.3) is 33.5 Å². The smallest absolute Gasteiger partial charge is 0.315 e. The summed E-state index contributed by atoms with van der Waals surface area (Å²) in [5.74, 6) is 0.0528. The highest BCUT2D eigenvalue weighted by Gasteiger charge is 2.23. The number of nitro groups is 1. The Labute approximate surface area is 237 Å². The molecule has 11 heteroatoms. The molecule has 208 valence electrons. The van der Waals surface area contributed by atoms with Gasteiger partial charge in [-0.2, -0.15) is 9.78 Å². The summed E-state index contributed by atoms with van der Waals surface area (Å²) in [5.41, 5.74) is 1.13. The van der Waals surface area contributed by atoms with E-state index in [1.807, 2.05) is 18.2 Å². The highest BCUT2D eigenvalue weighted by atomic mass is 19.1. The SMILES string of the molecule is COc1cc(C=Nn2c(-c3cc4ccccc4o3)nc3ccccc3c2=O)cc([N+](=O)[O-])c1OCc1ccc(F)cc1. The predicted molar refractivity (Wildman–Crippen MR) is 155 cm³/mol. The molecular formula is C31H21FN4O6. The van der Waals surface area contributed by atoms with Crippen LogP contribution >= 0.6 is 0 Å². The number of benzene rings is 4. The molecule has 0 radical (unpaired) electrons. The molecule has 0 unspecified atom stereocenters. The number of furan rings is 1. The van der Waals surface area contributed by atoms with Crippen LogP contribution in [0.3, 0.4) is 0 Å². The van der Waals surface area contributed by atoms with Crippen LogP contribution in [0, 0.1) is 15.9 Å². The minimum atomic E-state index is -0.608. The number of aromatic nitrogens is 2. The highest BCUT2D eigenvalue weighted by molar-refractivity contribution is 5.85. The Kier molecular flexibility index (Phi) is 6.89. The second kappa shape index (κ2) is 11.0. The van der Waals surface area contributed by atoms with Crippen molar-refractivity contribution < 1.29 is 23.2 Å². The number of nitro benzene ring substituents is 1. The van der Waals surface area contributed by atoms with Crippen molar-refractivity contribution in [1.82, 2.24) is 9.66 Å². The second-order valence-corrected chi connectivity index (χ2v) is 9.21. The third-order valence-corrected chi connectivity index (χ3v) is 6.49. The van der Waals surface area contributed by atoms with Crippen LogP contribution in [0.15, 0.2) is 105 Å². The van der Waals surface area contributed by atoms with E-state index < -0.39 is 16.3 Å². The van der Waals surface area contributed by atoms with Gasteiger partial charge >= 0.3 is 5.69 Å². The Balaban J connectivity index is 1.43. The molecule has 0 saturated carbocycles. The van der Waals surface area contributed by atoms with E-state index in [0.717, 1.165) is 10.1 Å². The van der Waals surface area contributed by atoms with Gasteiger partial charge < -0.3 is 13.9 Å². The molecule has 0 aliphatic rings. The van der Waals surface area contributed by atoms with Crippen molar-refractivity contribution >= 4 is 33.8 Å². The van der Waals surface area contributed by atoms with Crippen LogP contribution in [0.5, 0.6) is 11.5 Å². The van der Waals surface area contributed by atoms with Crippen LogP contribution < -0.4 is 15.0 Å². The maximum Gasteiger partial charge on any atom is 0.315 e. The van der Waals surface area contributed by atoms with Gasteiger partial charge in [-0.25, -0.2) is 9.37 Å². The molecule has 0 amide bonds. The van der Waals surface area contributed by atoms with E-state index in [9.17, 15) is 19.3 Å². The average Bonchev–Trinajstić information content (AvgIpc) is 3.44. The standard InChI is InChI=1S/C31H21FN4O6/c1-40-27-15-20(14-25(36(38)39)29(27)41-18-19-10-12-22(32)13-11-19)17-33-35-30(28-16-21-6-2-5-9-26(21)42-28)34-24-8-4-3-7-23(24)31(35)37/h2-17H,18H2,1H3. The summed E-state index contributed by atoms with van der Waals surface area (Å²) in [5, 5.41) is 17.5. The Bertz CT molecular complexity index is 2020. The topological polar surface area (TPSA) is 122 Å². The Morgan fingerprint density at radius 2 is 1.81 bits per heavy atom. The number of rotatable bonds is 8. The summed E-state index contributed by atoms with van der Waals surface area (Å²) in [4.78, 5) is 29.6. The van der Waals surface area contributed by atoms with E-state index in [1.165, 1.54) is 49.7 Å². The van der Waals surface area contributed by atoms with Gasteiger partial charge in [0.15, 0.2) is 11.5 Å². The first-order valence-electron chi connectivity index (χ1n) is 12.7. The molecule has 42 heavy (non-hydrogen) atoms. The van der Waals surface area contributed by atoms with E-state index in [1.54, 1.807) is 36.4 Å². The third kappa shape index (κ3) is 5.06. The van der Waals surface area contributed by atoms with Gasteiger partial charge in [0.05, 0.1) is 29.2 Å². The molecule has 10 nitrogen and oxygen atoms in total. The lowest BCUT2D eigenvalue weighted by molar-refractivity contribution is -0.386. The fourth-order valence-corrected chi connectivity index (χ4v) is 4.46. The number of halogens is 1. The molecule has 0 atom stereocenters. The zero-order chi connectivity index (χ0) is 29.2. The highest BCUT2D eigenvalue weighted by Crippen LogP contribution is 2.38. The van der Waals surface area contributed by atoms with Gasteiger partial charge in [-0.1, -0.05) is 42.5 Å². The van der Waals surface area contributed by atoms with Crippen molar-refractivity contribution in [2.45, 2.75) is 6.61 Å². The van der Waals surface area contributed by atoms with Gasteiger partial charge in [0.2, 0.25) is 11.6 Å². The summed E-state index contributed by atoms with van der Waals surface area (Å²) in [6.07, 6.45) is 1.29. The molecule has 0 aliphatic carbocycles. The van der Waals surface area contributed by atoms with E-state index in [0.29, 0.717) is 27.8 Å². The molecule has 4 aromatic carbocycles. The lowest BCUT2D eigenvalue weighted by Gasteiger charge is -2.12. The van der Waals surface area contributed by atoms with E-state index in [4.69, 9.17) is 13.9 Å². The molecule has 0 bridgehead atoms. The van der Waals surface area contributed by atoms with Crippen LogP contribution in [-0.2, 0) is 6.61 Å². The Morgan fingerprint density at radius 1 is 1.05 bits per heavy atom. The molecule has 6 rings (SSSR count). The number of hydrogen-bond donors (Lipinski definition) is 0. The van der Waals surface area contributed by atoms with E-state index in [2.05, 4.69) is 10.1 Å². The number of hydrogen-bond acceptors (Lipinski definition) is 8. The lowest BCUT2D eigenvalue weighted by Crippen LogP contribution is -2.20. The van der Waals surface area contributed by atoms with Crippen molar-refractivity contribution in [2.75, 3.05) is 7.11 Å². The first kappa shape index (κ1) is 26.4. The molecular weight excluding hydrogens is 543 g/mol. The van der Waals surface area contributed by atoms with Gasteiger partial charge in [0, 0.05) is 17.0 Å². The van der Waals surface area contributed by atoms with Crippen molar-refractivity contribution in [3.8, 4) is 23.1 Å². The molecule has 0 aliphatic heterocycles. The minimum Gasteiger partial charge on any atom is -0.493 e. The first-order valence-corrected chi connectivity index (χ1v) is 12.7. The van der Waals surface area contributed by atoms with Crippen molar-refractivity contribution in [1.29, 1.82) is 0 Å². The lowest BCUT2D eigenvalue weighted by atomic mass is 10.1. The quantitative estimate of drug-likeness (QED) is 0.120. The summed E-state index contributed by atoms with van der Waals surface area (Å²) in [6.45, 7) is -0.0517. The third-order valence-electron chi connectivity index (χ3n) is 6.49. The molecule has 2 aromatic heterocycles. The maximum absolute atomic E-state index is 13.5. The van der Waals surface area contributed by atoms with E-state index in [-0.39, 0.29) is 35.2 Å². The molecule has 0 saturated heterocycles. The fourth-order valence-electron chi connectivity index (χ4n) is 4.46. The van der Waals surface area contributed by atoms with Gasteiger partial charge in [-0.15, -0.1) is 0 Å². The number of nitrogens with zero attached hydrogens (tertiary/aromatic N) is 4. The molecule has 6 aromatic rings. The van der Waals surface area contributed by atoms with Gasteiger partial charge in [-0.05, 0) is 48.0 Å². The number of methoxy groups -OCH3 is 1. The molecule has 2 heterocycles. The minimum absolute atomic E-state index is 0.0517. The summed E-state index contributed by atoms with van der Waals surface area (Å²) in [7, 11) is 1.35. The molecule has 0 N–H and O–H groups in total. The number of fused-ring (bicyclic) bond motifs is 2.